The van der Waals surface area contributed by atoms with Gasteiger partial charge in [0.15, 0.2) is 0 Å². The number of carbonyl (C=O) groups is 1. The third-order valence-electron chi connectivity index (χ3n) is 1.55. The molecule has 76 valence electrons. The molecule has 14 heavy (non-hydrogen) atoms. The summed E-state index contributed by atoms with van der Waals surface area (Å²) in [4.78, 5) is 10.5. The van der Waals surface area contributed by atoms with Crippen LogP contribution in [0.15, 0.2) is 23.1 Å². The van der Waals surface area contributed by atoms with E-state index < -0.39 is 15.2 Å². The zero-order valence-corrected chi connectivity index (χ0v) is 8.55. The molecule has 5 nitrogen and oxygen atoms in total. The number of anilines is 1. The molecule has 1 aromatic carbocycles. The highest BCUT2D eigenvalue weighted by Crippen LogP contribution is 2.19. The van der Waals surface area contributed by atoms with Gasteiger partial charge in [-0.1, -0.05) is 0 Å². The maximum absolute atomic E-state index is 10.9. The van der Waals surface area contributed by atoms with Crippen molar-refractivity contribution >= 4 is 33.5 Å². The van der Waals surface area contributed by atoms with Crippen molar-refractivity contribution in [3.63, 3.8) is 0 Å². The van der Waals surface area contributed by atoms with Gasteiger partial charge in [0.05, 0.1) is 10.5 Å². The summed E-state index contributed by atoms with van der Waals surface area (Å²) in [6.45, 7) is 0. The monoisotopic (exact) mass is 233 g/mol. The zero-order chi connectivity index (χ0) is 10.9. The Hall–Kier alpha value is -1.05. The SMILES string of the molecule is Nc1ccc(S(=O)(=O)O)cc1C(=O)S. The minimum absolute atomic E-state index is 0.0524. The maximum Gasteiger partial charge on any atom is 0.294 e. The molecule has 1 aromatic rings. The first-order valence-corrected chi connectivity index (χ1v) is 5.31. The minimum Gasteiger partial charge on any atom is -0.398 e. The average Bonchev–Trinajstić information content (AvgIpc) is 2.02. The van der Waals surface area contributed by atoms with Crippen LogP contribution in [-0.4, -0.2) is 18.1 Å². The van der Waals surface area contributed by atoms with Gasteiger partial charge in [-0.15, -0.1) is 12.6 Å². The Morgan fingerprint density at radius 1 is 1.43 bits per heavy atom. The second kappa shape index (κ2) is 3.60. The number of hydrogen-bond acceptors (Lipinski definition) is 4. The van der Waals surface area contributed by atoms with Gasteiger partial charge in [0, 0.05) is 5.69 Å². The van der Waals surface area contributed by atoms with Crippen LogP contribution < -0.4 is 5.73 Å². The first kappa shape index (κ1) is 11.0. The zero-order valence-electron chi connectivity index (χ0n) is 6.84. The van der Waals surface area contributed by atoms with Gasteiger partial charge in [0.25, 0.3) is 10.1 Å². The number of rotatable bonds is 2. The molecule has 0 saturated carbocycles. The van der Waals surface area contributed by atoms with Crippen molar-refractivity contribution in [3.05, 3.63) is 23.8 Å². The Morgan fingerprint density at radius 3 is 2.43 bits per heavy atom. The topological polar surface area (TPSA) is 97.5 Å². The summed E-state index contributed by atoms with van der Waals surface area (Å²) in [7, 11) is -4.32. The lowest BCUT2D eigenvalue weighted by molar-refractivity contribution is 0.109. The number of hydrogen-bond donors (Lipinski definition) is 3. The van der Waals surface area contributed by atoms with E-state index in [1.54, 1.807) is 0 Å². The molecule has 0 atom stereocenters. The van der Waals surface area contributed by atoms with E-state index in [0.717, 1.165) is 12.1 Å². The minimum atomic E-state index is -4.32. The first-order valence-electron chi connectivity index (χ1n) is 3.42. The summed E-state index contributed by atoms with van der Waals surface area (Å²) in [6.07, 6.45) is 0. The molecule has 0 spiro atoms. The fourth-order valence-electron chi connectivity index (χ4n) is 0.881. The molecule has 0 radical (unpaired) electrons. The van der Waals surface area contributed by atoms with E-state index >= 15 is 0 Å². The highest BCUT2D eigenvalue weighted by molar-refractivity contribution is 7.97. The molecule has 0 saturated heterocycles. The van der Waals surface area contributed by atoms with Crippen LogP contribution in [0.3, 0.4) is 0 Å². The van der Waals surface area contributed by atoms with E-state index in [1.165, 1.54) is 6.07 Å². The third kappa shape index (κ3) is 2.25. The Bertz CT molecular complexity index is 480. The van der Waals surface area contributed by atoms with Crippen molar-refractivity contribution in [2.24, 2.45) is 0 Å². The van der Waals surface area contributed by atoms with E-state index in [0.29, 0.717) is 0 Å². The van der Waals surface area contributed by atoms with E-state index in [4.69, 9.17) is 10.3 Å². The molecular weight excluding hydrogens is 226 g/mol. The molecular formula is C7H7NO4S2. The standard InChI is InChI=1S/C7H7NO4S2/c8-6-2-1-4(14(10,11)12)3-5(6)7(9)13/h1-3H,8H2,(H,9,13)(H,10,11,12). The third-order valence-corrected chi connectivity index (χ3v) is 2.64. The summed E-state index contributed by atoms with van der Waals surface area (Å²) < 4.78 is 30.1. The van der Waals surface area contributed by atoms with Crippen molar-refractivity contribution < 1.29 is 17.8 Å². The number of thiol groups is 1. The van der Waals surface area contributed by atoms with Crippen LogP contribution in [0, 0.1) is 0 Å². The molecule has 0 aliphatic heterocycles. The summed E-state index contributed by atoms with van der Waals surface area (Å²) in [5, 5.41) is -0.659. The molecule has 3 N–H and O–H groups in total. The average molecular weight is 233 g/mol. The van der Waals surface area contributed by atoms with Crippen LogP contribution in [0.2, 0.25) is 0 Å². The molecule has 0 fully saturated rings. The molecule has 0 aliphatic rings. The van der Waals surface area contributed by atoms with E-state index in [-0.39, 0.29) is 16.1 Å². The van der Waals surface area contributed by atoms with Crippen molar-refractivity contribution in [2.75, 3.05) is 5.73 Å². The van der Waals surface area contributed by atoms with Crippen LogP contribution in [0.4, 0.5) is 5.69 Å². The van der Waals surface area contributed by atoms with Crippen molar-refractivity contribution in [1.82, 2.24) is 0 Å². The van der Waals surface area contributed by atoms with Crippen LogP contribution >= 0.6 is 12.6 Å². The van der Waals surface area contributed by atoms with Gasteiger partial charge in [-0.25, -0.2) is 0 Å². The molecule has 0 aromatic heterocycles. The van der Waals surface area contributed by atoms with Crippen molar-refractivity contribution in [2.45, 2.75) is 4.90 Å². The number of nitrogens with two attached hydrogens (primary N) is 1. The van der Waals surface area contributed by atoms with Gasteiger partial charge in [-0.05, 0) is 18.2 Å². The van der Waals surface area contributed by atoms with Crippen LogP contribution in [-0.2, 0) is 10.1 Å². The predicted octanol–water partition coefficient (Wildman–Crippen LogP) is 0.586. The molecule has 0 bridgehead atoms. The summed E-state index contributed by atoms with van der Waals surface area (Å²) in [5.74, 6) is 0. The Kier molecular flexibility index (Phi) is 2.84. The van der Waals surface area contributed by atoms with Crippen LogP contribution in [0.1, 0.15) is 10.4 Å². The molecule has 0 heterocycles. The van der Waals surface area contributed by atoms with Gasteiger partial charge in [0.2, 0.25) is 5.12 Å². The lowest BCUT2D eigenvalue weighted by Gasteiger charge is -2.02. The molecule has 1 rings (SSSR count). The molecule has 7 heteroatoms. The summed E-state index contributed by atoms with van der Waals surface area (Å²) in [5.41, 5.74) is 5.44. The van der Waals surface area contributed by atoms with Gasteiger partial charge >= 0.3 is 0 Å². The quantitative estimate of drug-likeness (QED) is 0.394. The Morgan fingerprint density at radius 2 is 2.00 bits per heavy atom. The summed E-state index contributed by atoms with van der Waals surface area (Å²) in [6, 6.07) is 3.29. The van der Waals surface area contributed by atoms with E-state index in [1.807, 2.05) is 0 Å². The van der Waals surface area contributed by atoms with Crippen LogP contribution in [0.5, 0.6) is 0 Å². The van der Waals surface area contributed by atoms with Gasteiger partial charge in [-0.3, -0.25) is 9.35 Å². The molecule has 0 amide bonds. The molecule has 0 unspecified atom stereocenters. The van der Waals surface area contributed by atoms with Gasteiger partial charge < -0.3 is 5.73 Å². The largest absolute Gasteiger partial charge is 0.398 e. The fourth-order valence-corrected chi connectivity index (χ4v) is 1.58. The number of nitrogen functional groups attached to an aromatic ring is 1. The lowest BCUT2D eigenvalue weighted by Crippen LogP contribution is -2.03. The first-order chi connectivity index (χ1) is 6.32. The van der Waals surface area contributed by atoms with E-state index in [2.05, 4.69) is 12.6 Å². The van der Waals surface area contributed by atoms with Gasteiger partial charge in [0.1, 0.15) is 0 Å². The Balaban J connectivity index is 3.42. The predicted molar refractivity (Wildman–Crippen MR) is 54.0 cm³/mol. The summed E-state index contributed by atoms with van der Waals surface area (Å²) >= 11 is 3.50. The van der Waals surface area contributed by atoms with E-state index in [9.17, 15) is 13.2 Å². The number of carbonyl (C=O) groups excluding carboxylic acids is 1. The second-order valence-corrected chi connectivity index (χ2v) is 4.36. The van der Waals surface area contributed by atoms with Gasteiger partial charge in [-0.2, -0.15) is 8.42 Å². The molecule has 0 aliphatic carbocycles. The smallest absolute Gasteiger partial charge is 0.294 e. The maximum atomic E-state index is 10.9. The fraction of sp³-hybridized carbons (Fsp3) is 0. The number of benzene rings is 1. The van der Waals surface area contributed by atoms with Crippen molar-refractivity contribution in [1.29, 1.82) is 0 Å². The second-order valence-electron chi connectivity index (χ2n) is 2.53. The normalized spacial score (nSPS) is 11.3. The Labute approximate surface area is 86.1 Å². The van der Waals surface area contributed by atoms with Crippen LogP contribution in [0.25, 0.3) is 0 Å². The highest BCUT2D eigenvalue weighted by Gasteiger charge is 2.13. The van der Waals surface area contributed by atoms with Crippen molar-refractivity contribution in [3.8, 4) is 0 Å². The highest BCUT2D eigenvalue weighted by atomic mass is 32.2. The lowest BCUT2D eigenvalue weighted by atomic mass is 10.2.